The van der Waals surface area contributed by atoms with E-state index in [0.29, 0.717) is 34.6 Å². The van der Waals surface area contributed by atoms with Crippen molar-refractivity contribution in [1.82, 2.24) is 10.0 Å². The predicted molar refractivity (Wildman–Crippen MR) is 96.0 cm³/mol. The summed E-state index contributed by atoms with van der Waals surface area (Å²) in [4.78, 5) is 11.4. The molecule has 144 valence electrons. The first-order valence-electron chi connectivity index (χ1n) is 8.60. The summed E-state index contributed by atoms with van der Waals surface area (Å²) in [5, 5.41) is 16.7. The molecule has 2 aliphatic rings. The van der Waals surface area contributed by atoms with E-state index >= 15 is 0 Å². The van der Waals surface area contributed by atoms with E-state index in [4.69, 9.17) is 0 Å². The minimum atomic E-state index is -4.19. The molecule has 0 radical (unpaired) electrons. The maximum absolute atomic E-state index is 15.0. The van der Waals surface area contributed by atoms with Gasteiger partial charge < -0.3 is 15.7 Å². The number of amides is 1. The van der Waals surface area contributed by atoms with Gasteiger partial charge in [-0.3, -0.25) is 4.79 Å². The number of carbonyl (C=O) groups excluding carboxylic acids is 1. The highest BCUT2D eigenvalue weighted by Crippen LogP contribution is 2.41. The van der Waals surface area contributed by atoms with Gasteiger partial charge in [0.05, 0.1) is 0 Å². The second-order valence-electron chi connectivity index (χ2n) is 6.76. The Morgan fingerprint density at radius 1 is 1.50 bits per heavy atom. The number of nitrogens with zero attached hydrogens (tertiary/aromatic N) is 1. The lowest BCUT2D eigenvalue weighted by Gasteiger charge is -2.18. The second-order valence-corrected chi connectivity index (χ2v) is 8.36. The maximum atomic E-state index is 15.0. The standard InChI is InChI=1S/C16H23FN4O4S/c1-3-4-9(2)18-7-10-5-11-12(19-10)6-13(22)16(15(11)17)21-8-14(23)20-26(21,24)25/h6,9-10,18-19,22H,3-5,7-8H2,1-2H3,(H,20,23)/t9?,10-/m1/s1. The summed E-state index contributed by atoms with van der Waals surface area (Å²) >= 11 is 0. The van der Waals surface area contributed by atoms with E-state index in [1.165, 1.54) is 6.07 Å². The minimum absolute atomic E-state index is 0.0663. The number of anilines is 2. The van der Waals surface area contributed by atoms with Gasteiger partial charge in [0.1, 0.15) is 18.0 Å². The number of phenolic OH excluding ortho intramolecular Hbond substituents is 1. The van der Waals surface area contributed by atoms with Gasteiger partial charge in [0.15, 0.2) is 5.82 Å². The van der Waals surface area contributed by atoms with Crippen LogP contribution in [-0.4, -0.2) is 44.6 Å². The van der Waals surface area contributed by atoms with Crippen LogP contribution in [0.5, 0.6) is 5.75 Å². The highest BCUT2D eigenvalue weighted by molar-refractivity contribution is 7.92. The lowest BCUT2D eigenvalue weighted by molar-refractivity contribution is -0.117. The van der Waals surface area contributed by atoms with E-state index in [-0.39, 0.29) is 6.04 Å². The number of hydrogen-bond donors (Lipinski definition) is 4. The Balaban J connectivity index is 1.82. The normalized spacial score (nSPS) is 22.0. The van der Waals surface area contributed by atoms with Crippen molar-refractivity contribution < 1.29 is 22.7 Å². The first-order valence-corrected chi connectivity index (χ1v) is 10.0. The van der Waals surface area contributed by atoms with Crippen LogP contribution >= 0.6 is 0 Å². The third-order valence-electron chi connectivity index (χ3n) is 4.64. The zero-order chi connectivity index (χ0) is 19.1. The van der Waals surface area contributed by atoms with Crippen LogP contribution in [0.1, 0.15) is 32.3 Å². The van der Waals surface area contributed by atoms with Crippen LogP contribution in [0.3, 0.4) is 0 Å². The van der Waals surface area contributed by atoms with Crippen molar-refractivity contribution in [2.75, 3.05) is 22.7 Å². The summed E-state index contributed by atoms with van der Waals surface area (Å²) in [6.45, 7) is 4.25. The van der Waals surface area contributed by atoms with Crippen molar-refractivity contribution in [1.29, 1.82) is 0 Å². The first-order chi connectivity index (χ1) is 12.2. The van der Waals surface area contributed by atoms with E-state index < -0.39 is 39.9 Å². The molecule has 26 heavy (non-hydrogen) atoms. The van der Waals surface area contributed by atoms with Gasteiger partial charge in [-0.2, -0.15) is 8.42 Å². The smallest absolute Gasteiger partial charge is 0.326 e. The Morgan fingerprint density at radius 2 is 2.23 bits per heavy atom. The van der Waals surface area contributed by atoms with Gasteiger partial charge in [-0.05, 0) is 19.8 Å². The summed E-state index contributed by atoms with van der Waals surface area (Å²) in [7, 11) is -4.19. The Hall–Kier alpha value is -2.07. The van der Waals surface area contributed by atoms with Crippen LogP contribution in [-0.2, 0) is 21.4 Å². The molecule has 1 aromatic carbocycles. The number of nitrogens with one attached hydrogen (secondary N) is 3. The maximum Gasteiger partial charge on any atom is 0.326 e. The molecule has 0 bridgehead atoms. The highest BCUT2D eigenvalue weighted by Gasteiger charge is 2.39. The van der Waals surface area contributed by atoms with Crippen molar-refractivity contribution in [2.24, 2.45) is 0 Å². The zero-order valence-corrected chi connectivity index (χ0v) is 15.5. The molecular weight excluding hydrogens is 363 g/mol. The van der Waals surface area contributed by atoms with Gasteiger partial charge in [-0.15, -0.1) is 0 Å². The predicted octanol–water partition coefficient (Wildman–Crippen LogP) is 0.827. The summed E-state index contributed by atoms with van der Waals surface area (Å²) in [6, 6.07) is 1.58. The molecule has 0 aliphatic carbocycles. The molecule has 1 unspecified atom stereocenters. The third-order valence-corrected chi connectivity index (χ3v) is 6.01. The molecule has 0 aromatic heterocycles. The molecule has 3 rings (SSSR count). The lowest BCUT2D eigenvalue weighted by atomic mass is 10.1. The van der Waals surface area contributed by atoms with E-state index in [9.17, 15) is 22.7 Å². The quantitative estimate of drug-likeness (QED) is 0.576. The minimum Gasteiger partial charge on any atom is -0.506 e. The molecule has 0 spiro atoms. The van der Waals surface area contributed by atoms with Gasteiger partial charge in [-0.25, -0.2) is 13.4 Å². The van der Waals surface area contributed by atoms with Gasteiger partial charge in [0.2, 0.25) is 0 Å². The molecule has 0 saturated carbocycles. The van der Waals surface area contributed by atoms with Crippen LogP contribution in [0.25, 0.3) is 0 Å². The topological polar surface area (TPSA) is 111 Å². The number of hydrogen-bond acceptors (Lipinski definition) is 6. The average Bonchev–Trinajstić information content (AvgIpc) is 3.06. The van der Waals surface area contributed by atoms with Gasteiger partial charge in [0, 0.05) is 35.9 Å². The molecule has 2 aliphatic heterocycles. The molecule has 1 saturated heterocycles. The molecule has 2 heterocycles. The molecule has 4 N–H and O–H groups in total. The van der Waals surface area contributed by atoms with E-state index in [2.05, 4.69) is 24.5 Å². The highest BCUT2D eigenvalue weighted by atomic mass is 32.2. The van der Waals surface area contributed by atoms with Crippen LogP contribution in [0.15, 0.2) is 6.07 Å². The number of phenols is 1. The number of rotatable bonds is 6. The fourth-order valence-corrected chi connectivity index (χ4v) is 4.56. The lowest BCUT2D eigenvalue weighted by Crippen LogP contribution is -2.36. The molecule has 2 atom stereocenters. The van der Waals surface area contributed by atoms with Crippen molar-refractivity contribution in [3.05, 3.63) is 17.4 Å². The summed E-state index contributed by atoms with van der Waals surface area (Å²) < 4.78 is 41.3. The van der Waals surface area contributed by atoms with Crippen LogP contribution in [0.2, 0.25) is 0 Å². The number of fused-ring (bicyclic) bond motifs is 1. The Bertz CT molecular complexity index is 830. The fourth-order valence-electron chi connectivity index (χ4n) is 3.40. The van der Waals surface area contributed by atoms with E-state index in [0.717, 1.165) is 12.8 Å². The summed E-state index contributed by atoms with van der Waals surface area (Å²) in [6.07, 6.45) is 2.46. The second kappa shape index (κ2) is 6.92. The van der Waals surface area contributed by atoms with Crippen LogP contribution in [0, 0.1) is 5.82 Å². The van der Waals surface area contributed by atoms with E-state index in [1.54, 1.807) is 4.72 Å². The van der Waals surface area contributed by atoms with Gasteiger partial charge in [-0.1, -0.05) is 13.3 Å². The summed E-state index contributed by atoms with van der Waals surface area (Å²) in [5.74, 6) is -2.12. The van der Waals surface area contributed by atoms with E-state index in [1.807, 2.05) is 0 Å². The number of halogens is 1. The largest absolute Gasteiger partial charge is 0.506 e. The van der Waals surface area contributed by atoms with Gasteiger partial charge in [0.25, 0.3) is 5.91 Å². The fraction of sp³-hybridized carbons (Fsp3) is 0.562. The van der Waals surface area contributed by atoms with Gasteiger partial charge >= 0.3 is 10.2 Å². The third kappa shape index (κ3) is 3.43. The van der Waals surface area contributed by atoms with Crippen LogP contribution in [0.4, 0.5) is 15.8 Å². The molecule has 1 fully saturated rings. The number of aromatic hydroxyl groups is 1. The van der Waals surface area contributed by atoms with Crippen LogP contribution < -0.4 is 19.7 Å². The Morgan fingerprint density at radius 3 is 2.85 bits per heavy atom. The zero-order valence-electron chi connectivity index (χ0n) is 14.7. The molecule has 1 amide bonds. The van der Waals surface area contributed by atoms with Crippen molar-refractivity contribution >= 4 is 27.5 Å². The Labute approximate surface area is 151 Å². The van der Waals surface area contributed by atoms with Crippen molar-refractivity contribution in [3.63, 3.8) is 0 Å². The number of carbonyl (C=O) groups is 1. The average molecular weight is 386 g/mol. The molecular formula is C16H23FN4O4S. The number of benzene rings is 1. The van der Waals surface area contributed by atoms with Crippen molar-refractivity contribution in [2.45, 2.75) is 45.2 Å². The monoisotopic (exact) mass is 386 g/mol. The summed E-state index contributed by atoms with van der Waals surface area (Å²) in [5.41, 5.74) is 0.258. The molecule has 1 aromatic rings. The molecule has 10 heteroatoms. The van der Waals surface area contributed by atoms with Crippen molar-refractivity contribution in [3.8, 4) is 5.75 Å². The Kier molecular flexibility index (Phi) is 4.98. The first kappa shape index (κ1) is 18.7. The molecule has 8 nitrogen and oxygen atoms in total. The SMILES string of the molecule is CCCC(C)NC[C@H]1Cc2c(cc(O)c(N3CC(=O)NS3(=O)=O)c2F)N1.